The lowest BCUT2D eigenvalue weighted by molar-refractivity contribution is 0.233. The maximum absolute atomic E-state index is 8.84. The van der Waals surface area contributed by atoms with E-state index in [1.165, 1.54) is 4.88 Å². The summed E-state index contributed by atoms with van der Waals surface area (Å²) in [6.07, 6.45) is 0. The van der Waals surface area contributed by atoms with E-state index in [9.17, 15) is 0 Å². The van der Waals surface area contributed by atoms with Crippen molar-refractivity contribution in [1.29, 1.82) is 0 Å². The second-order valence-corrected chi connectivity index (χ2v) is 4.95. The number of nitrogens with one attached hydrogen (secondary N) is 1. The summed E-state index contributed by atoms with van der Waals surface area (Å²) in [4.78, 5) is 5.66. The zero-order chi connectivity index (χ0) is 10.6. The van der Waals surface area contributed by atoms with E-state index in [-0.39, 0.29) is 6.61 Å². The van der Waals surface area contributed by atoms with Crippen LogP contribution in [-0.4, -0.2) is 23.2 Å². The number of nitrogens with zero attached hydrogens (tertiary/aromatic N) is 1. The molecule has 1 atom stereocenters. The van der Waals surface area contributed by atoms with Crippen LogP contribution >= 0.6 is 11.3 Å². The van der Waals surface area contributed by atoms with Gasteiger partial charge in [0.1, 0.15) is 0 Å². The molecule has 0 aliphatic rings. The minimum Gasteiger partial charge on any atom is -0.396 e. The molecule has 1 unspecified atom stereocenters. The van der Waals surface area contributed by atoms with Gasteiger partial charge in [-0.1, -0.05) is 6.92 Å². The molecule has 0 fully saturated rings. The topological polar surface area (TPSA) is 45.2 Å². The van der Waals surface area contributed by atoms with Crippen molar-refractivity contribution in [3.63, 3.8) is 0 Å². The van der Waals surface area contributed by atoms with Crippen molar-refractivity contribution >= 4 is 11.3 Å². The summed E-state index contributed by atoms with van der Waals surface area (Å²) < 4.78 is 0. The summed E-state index contributed by atoms with van der Waals surface area (Å²) in [5.74, 6) is 0.323. The van der Waals surface area contributed by atoms with Gasteiger partial charge >= 0.3 is 0 Å². The summed E-state index contributed by atoms with van der Waals surface area (Å²) in [5.41, 5.74) is 1.12. The average Bonchev–Trinajstić information content (AvgIpc) is 2.45. The Morgan fingerprint density at radius 3 is 2.71 bits per heavy atom. The van der Waals surface area contributed by atoms with Gasteiger partial charge < -0.3 is 10.4 Å². The largest absolute Gasteiger partial charge is 0.396 e. The molecule has 1 heterocycles. The number of aryl methyl sites for hydroxylation is 2. The molecule has 1 aromatic rings. The lowest BCUT2D eigenvalue weighted by atomic mass is 10.2. The molecule has 0 bridgehead atoms. The van der Waals surface area contributed by atoms with Crippen molar-refractivity contribution < 1.29 is 5.11 Å². The van der Waals surface area contributed by atoms with Crippen LogP contribution in [0.15, 0.2) is 0 Å². The molecule has 0 aliphatic carbocycles. The van der Waals surface area contributed by atoms with Crippen molar-refractivity contribution in [2.45, 2.75) is 27.3 Å². The normalized spacial score (nSPS) is 13.1. The highest BCUT2D eigenvalue weighted by Crippen LogP contribution is 2.16. The first-order chi connectivity index (χ1) is 6.63. The molecule has 1 aromatic heterocycles. The van der Waals surface area contributed by atoms with Crippen LogP contribution in [0.4, 0.5) is 0 Å². The number of aromatic nitrogens is 1. The number of thiazole rings is 1. The van der Waals surface area contributed by atoms with E-state index in [1.54, 1.807) is 11.3 Å². The van der Waals surface area contributed by atoms with Gasteiger partial charge in [-0.05, 0) is 19.8 Å². The first kappa shape index (κ1) is 11.6. The van der Waals surface area contributed by atoms with Crippen molar-refractivity contribution in [2.75, 3.05) is 13.2 Å². The standard InChI is InChI=1S/C10H18N2OS/c1-7(6-13)4-11-5-10-8(2)12-9(3)14-10/h7,11,13H,4-6H2,1-3H3. The second-order valence-electron chi connectivity index (χ2n) is 3.66. The zero-order valence-electron chi connectivity index (χ0n) is 9.00. The van der Waals surface area contributed by atoms with Crippen molar-refractivity contribution in [2.24, 2.45) is 5.92 Å². The number of aliphatic hydroxyl groups is 1. The van der Waals surface area contributed by atoms with Gasteiger partial charge in [0.05, 0.1) is 10.7 Å². The van der Waals surface area contributed by atoms with Crippen LogP contribution in [0.5, 0.6) is 0 Å². The van der Waals surface area contributed by atoms with E-state index < -0.39 is 0 Å². The SMILES string of the molecule is Cc1nc(C)c(CNCC(C)CO)s1. The molecule has 4 heteroatoms. The molecule has 1 rings (SSSR count). The smallest absolute Gasteiger partial charge is 0.0900 e. The summed E-state index contributed by atoms with van der Waals surface area (Å²) in [6, 6.07) is 0. The molecule has 0 aromatic carbocycles. The van der Waals surface area contributed by atoms with Gasteiger partial charge in [0.15, 0.2) is 0 Å². The Morgan fingerprint density at radius 2 is 2.21 bits per heavy atom. The van der Waals surface area contributed by atoms with Crippen LogP contribution in [-0.2, 0) is 6.54 Å². The fourth-order valence-electron chi connectivity index (χ4n) is 1.23. The number of hydrogen-bond donors (Lipinski definition) is 2. The van der Waals surface area contributed by atoms with Gasteiger partial charge in [-0.15, -0.1) is 11.3 Å². The molecular weight excluding hydrogens is 196 g/mol. The molecule has 14 heavy (non-hydrogen) atoms. The highest BCUT2D eigenvalue weighted by molar-refractivity contribution is 7.11. The maximum atomic E-state index is 8.84. The molecular formula is C10H18N2OS. The van der Waals surface area contributed by atoms with Gasteiger partial charge in [-0.2, -0.15) is 0 Å². The Balaban J connectivity index is 2.34. The summed E-state index contributed by atoms with van der Waals surface area (Å²) in [6.45, 7) is 8.05. The third-order valence-electron chi connectivity index (χ3n) is 2.09. The summed E-state index contributed by atoms with van der Waals surface area (Å²) >= 11 is 1.74. The maximum Gasteiger partial charge on any atom is 0.0900 e. The highest BCUT2D eigenvalue weighted by atomic mass is 32.1. The van der Waals surface area contributed by atoms with Gasteiger partial charge in [0.25, 0.3) is 0 Å². The molecule has 0 spiro atoms. The quantitative estimate of drug-likeness (QED) is 0.780. The molecule has 0 saturated heterocycles. The number of hydrogen-bond acceptors (Lipinski definition) is 4. The summed E-state index contributed by atoms with van der Waals surface area (Å²) in [5, 5.41) is 13.3. The molecule has 0 amide bonds. The van der Waals surface area contributed by atoms with Gasteiger partial charge in [0, 0.05) is 24.6 Å². The molecule has 0 saturated carbocycles. The molecule has 0 aliphatic heterocycles. The van der Waals surface area contributed by atoms with Crippen LogP contribution in [0.3, 0.4) is 0 Å². The van der Waals surface area contributed by atoms with E-state index in [2.05, 4.69) is 10.3 Å². The first-order valence-corrected chi connectivity index (χ1v) is 5.69. The van der Waals surface area contributed by atoms with Gasteiger partial charge in [-0.3, -0.25) is 0 Å². The van der Waals surface area contributed by atoms with E-state index in [0.29, 0.717) is 5.92 Å². The van der Waals surface area contributed by atoms with Crippen molar-refractivity contribution in [1.82, 2.24) is 10.3 Å². The fourth-order valence-corrected chi connectivity index (χ4v) is 2.14. The minimum absolute atomic E-state index is 0.244. The summed E-state index contributed by atoms with van der Waals surface area (Å²) in [7, 11) is 0. The third-order valence-corrected chi connectivity index (χ3v) is 3.16. The highest BCUT2D eigenvalue weighted by Gasteiger charge is 2.05. The minimum atomic E-state index is 0.244. The van der Waals surface area contributed by atoms with Crippen LogP contribution in [0.1, 0.15) is 22.5 Å². The van der Waals surface area contributed by atoms with Crippen LogP contribution in [0.25, 0.3) is 0 Å². The van der Waals surface area contributed by atoms with Crippen LogP contribution in [0.2, 0.25) is 0 Å². The Hall–Kier alpha value is -0.450. The average molecular weight is 214 g/mol. The number of rotatable bonds is 5. The zero-order valence-corrected chi connectivity index (χ0v) is 9.82. The Morgan fingerprint density at radius 1 is 1.50 bits per heavy atom. The van der Waals surface area contributed by atoms with Crippen LogP contribution in [0, 0.1) is 19.8 Å². The van der Waals surface area contributed by atoms with E-state index in [1.807, 2.05) is 20.8 Å². The Labute approximate surface area is 89.2 Å². The van der Waals surface area contributed by atoms with Gasteiger partial charge in [0.2, 0.25) is 0 Å². The lowest BCUT2D eigenvalue weighted by Crippen LogP contribution is -2.22. The predicted octanol–water partition coefficient (Wildman–Crippen LogP) is 1.48. The fraction of sp³-hybridized carbons (Fsp3) is 0.700. The van der Waals surface area contributed by atoms with Crippen LogP contribution < -0.4 is 5.32 Å². The van der Waals surface area contributed by atoms with Crippen molar-refractivity contribution in [3.8, 4) is 0 Å². The second kappa shape index (κ2) is 5.44. The molecule has 0 radical (unpaired) electrons. The Bertz CT molecular complexity index is 286. The van der Waals surface area contributed by atoms with E-state index in [4.69, 9.17) is 5.11 Å². The van der Waals surface area contributed by atoms with Crippen molar-refractivity contribution in [3.05, 3.63) is 15.6 Å². The lowest BCUT2D eigenvalue weighted by Gasteiger charge is -2.08. The monoisotopic (exact) mass is 214 g/mol. The molecule has 3 nitrogen and oxygen atoms in total. The first-order valence-electron chi connectivity index (χ1n) is 4.88. The van der Waals surface area contributed by atoms with E-state index >= 15 is 0 Å². The van der Waals surface area contributed by atoms with Gasteiger partial charge in [-0.25, -0.2) is 4.98 Å². The number of aliphatic hydroxyl groups excluding tert-OH is 1. The molecule has 80 valence electrons. The van der Waals surface area contributed by atoms with E-state index in [0.717, 1.165) is 23.8 Å². The molecule has 2 N–H and O–H groups in total. The third kappa shape index (κ3) is 3.36. The predicted molar refractivity (Wildman–Crippen MR) is 59.5 cm³/mol. The Kier molecular flexibility index (Phi) is 4.51.